The molecule has 0 aliphatic heterocycles. The second kappa shape index (κ2) is 9.75. The minimum Gasteiger partial charge on any atom is -0.489 e. The smallest absolute Gasteiger partial charge is 0.338 e. The van der Waals surface area contributed by atoms with E-state index >= 15 is 0 Å². The van der Waals surface area contributed by atoms with Gasteiger partial charge in [0, 0.05) is 6.54 Å². The van der Waals surface area contributed by atoms with Crippen LogP contribution in [-0.4, -0.2) is 30.2 Å². The van der Waals surface area contributed by atoms with Gasteiger partial charge in [-0.05, 0) is 50.5 Å². The van der Waals surface area contributed by atoms with Gasteiger partial charge in [0.1, 0.15) is 18.1 Å². The largest absolute Gasteiger partial charge is 0.489 e. The van der Waals surface area contributed by atoms with Crippen LogP contribution in [0, 0.1) is 19.8 Å². The van der Waals surface area contributed by atoms with Crippen LogP contribution in [0.25, 0.3) is 0 Å². The molecule has 7 nitrogen and oxygen atoms in total. The van der Waals surface area contributed by atoms with Crippen LogP contribution in [0.5, 0.6) is 5.75 Å². The number of nitrogens with zero attached hydrogens (tertiary/aromatic N) is 1. The molecule has 0 fully saturated rings. The minimum absolute atomic E-state index is 0.290. The Bertz CT molecular complexity index is 746. The zero-order valence-electron chi connectivity index (χ0n) is 16.2. The number of hydrogen-bond donors (Lipinski definition) is 1. The molecule has 0 spiro atoms. The number of amides is 1. The van der Waals surface area contributed by atoms with Crippen LogP contribution in [0.2, 0.25) is 0 Å². The lowest BCUT2D eigenvalue weighted by Crippen LogP contribution is -2.30. The second-order valence-corrected chi connectivity index (χ2v) is 6.72. The zero-order chi connectivity index (χ0) is 19.8. The molecule has 7 heteroatoms. The van der Waals surface area contributed by atoms with Gasteiger partial charge in [-0.15, -0.1) is 0 Å². The van der Waals surface area contributed by atoms with Crippen molar-refractivity contribution < 1.29 is 23.6 Å². The number of rotatable bonds is 9. The van der Waals surface area contributed by atoms with Gasteiger partial charge in [0.15, 0.2) is 6.61 Å². The molecule has 1 amide bonds. The highest BCUT2D eigenvalue weighted by atomic mass is 16.5. The number of aromatic nitrogens is 1. The number of carbonyl (C=O) groups excluding carboxylic acids is 2. The van der Waals surface area contributed by atoms with Crippen LogP contribution in [0.1, 0.15) is 47.6 Å². The summed E-state index contributed by atoms with van der Waals surface area (Å²) in [5.41, 5.74) is 2.05. The number of ether oxygens (including phenoxy) is 2. The fourth-order valence-corrected chi connectivity index (χ4v) is 2.32. The molecule has 146 valence electrons. The van der Waals surface area contributed by atoms with E-state index in [0.29, 0.717) is 30.4 Å². The van der Waals surface area contributed by atoms with E-state index in [-0.39, 0.29) is 12.5 Å². The lowest BCUT2D eigenvalue weighted by atomic mass is 10.1. The molecule has 0 atom stereocenters. The molecule has 2 aromatic rings. The van der Waals surface area contributed by atoms with Gasteiger partial charge in [-0.25, -0.2) is 4.79 Å². The molecule has 0 radical (unpaired) electrons. The van der Waals surface area contributed by atoms with Crippen molar-refractivity contribution in [3.05, 3.63) is 46.8 Å². The normalized spacial score (nSPS) is 10.7. The van der Waals surface area contributed by atoms with Crippen molar-refractivity contribution in [2.75, 3.05) is 13.2 Å². The molecule has 1 aromatic carbocycles. The van der Waals surface area contributed by atoms with Gasteiger partial charge < -0.3 is 19.3 Å². The SMILES string of the molecule is Cc1noc(C)c1COc1ccc(C(=O)OCC(=O)NCCC(C)C)cc1. The number of benzene rings is 1. The summed E-state index contributed by atoms with van der Waals surface area (Å²) in [5, 5.41) is 6.60. The summed E-state index contributed by atoms with van der Waals surface area (Å²) in [6, 6.07) is 6.55. The Balaban J connectivity index is 1.78. The minimum atomic E-state index is -0.550. The molecule has 0 aliphatic rings. The van der Waals surface area contributed by atoms with Crippen molar-refractivity contribution in [3.8, 4) is 5.75 Å². The molecule has 27 heavy (non-hydrogen) atoms. The van der Waals surface area contributed by atoms with Gasteiger partial charge in [0.25, 0.3) is 5.91 Å². The first kappa shape index (κ1) is 20.5. The summed E-state index contributed by atoms with van der Waals surface area (Å²) in [4.78, 5) is 23.7. The summed E-state index contributed by atoms with van der Waals surface area (Å²) in [5.74, 6) is 0.984. The molecule has 0 saturated heterocycles. The third-order valence-electron chi connectivity index (χ3n) is 4.03. The van der Waals surface area contributed by atoms with Crippen molar-refractivity contribution >= 4 is 11.9 Å². The monoisotopic (exact) mass is 374 g/mol. The molecule has 1 N–H and O–H groups in total. The molecule has 1 heterocycles. The van der Waals surface area contributed by atoms with Crippen LogP contribution in [0.4, 0.5) is 0 Å². The Kier molecular flexibility index (Phi) is 7.40. The van der Waals surface area contributed by atoms with E-state index in [4.69, 9.17) is 14.0 Å². The van der Waals surface area contributed by atoms with E-state index in [2.05, 4.69) is 24.3 Å². The van der Waals surface area contributed by atoms with Gasteiger partial charge >= 0.3 is 5.97 Å². The number of aryl methyl sites for hydroxylation is 2. The van der Waals surface area contributed by atoms with Crippen molar-refractivity contribution in [1.82, 2.24) is 10.5 Å². The fraction of sp³-hybridized carbons (Fsp3) is 0.450. The van der Waals surface area contributed by atoms with E-state index in [0.717, 1.165) is 23.4 Å². The fourth-order valence-electron chi connectivity index (χ4n) is 2.32. The first-order valence-electron chi connectivity index (χ1n) is 8.95. The van der Waals surface area contributed by atoms with Gasteiger partial charge in [-0.1, -0.05) is 19.0 Å². The number of esters is 1. The Morgan fingerprint density at radius 1 is 1.19 bits per heavy atom. The Hall–Kier alpha value is -2.83. The molecular formula is C20H26N2O5. The predicted octanol–water partition coefficient (Wildman–Crippen LogP) is 3.19. The maximum absolute atomic E-state index is 12.0. The lowest BCUT2D eigenvalue weighted by Gasteiger charge is -2.09. The molecule has 0 aliphatic carbocycles. The van der Waals surface area contributed by atoms with Crippen LogP contribution in [-0.2, 0) is 16.1 Å². The highest BCUT2D eigenvalue weighted by Gasteiger charge is 2.12. The lowest BCUT2D eigenvalue weighted by molar-refractivity contribution is -0.124. The number of carbonyl (C=O) groups is 2. The van der Waals surface area contributed by atoms with Crippen LogP contribution in [0.3, 0.4) is 0 Å². The van der Waals surface area contributed by atoms with Crippen molar-refractivity contribution in [1.29, 1.82) is 0 Å². The summed E-state index contributed by atoms with van der Waals surface area (Å²) in [6.07, 6.45) is 0.884. The summed E-state index contributed by atoms with van der Waals surface area (Å²) >= 11 is 0. The topological polar surface area (TPSA) is 90.7 Å². The Morgan fingerprint density at radius 3 is 2.48 bits per heavy atom. The van der Waals surface area contributed by atoms with Crippen molar-refractivity contribution in [3.63, 3.8) is 0 Å². The van der Waals surface area contributed by atoms with Crippen LogP contribution in [0.15, 0.2) is 28.8 Å². The molecule has 0 saturated carbocycles. The van der Waals surface area contributed by atoms with Gasteiger partial charge in [0.2, 0.25) is 0 Å². The van der Waals surface area contributed by atoms with Crippen molar-refractivity contribution in [2.24, 2.45) is 5.92 Å². The molecule has 0 unspecified atom stereocenters. The van der Waals surface area contributed by atoms with Gasteiger partial charge in [0.05, 0.1) is 16.8 Å². The van der Waals surface area contributed by atoms with E-state index < -0.39 is 5.97 Å². The number of nitrogens with one attached hydrogen (secondary N) is 1. The Morgan fingerprint density at radius 2 is 1.89 bits per heavy atom. The highest BCUT2D eigenvalue weighted by Crippen LogP contribution is 2.18. The maximum Gasteiger partial charge on any atom is 0.338 e. The molecule has 2 rings (SSSR count). The number of hydrogen-bond acceptors (Lipinski definition) is 6. The van der Waals surface area contributed by atoms with Gasteiger partial charge in [-0.3, -0.25) is 4.79 Å². The molecule has 0 bridgehead atoms. The standard InChI is InChI=1S/C20H26N2O5/c1-13(2)9-10-21-19(23)12-26-20(24)16-5-7-17(8-6-16)25-11-18-14(3)22-27-15(18)4/h5-8,13H,9-12H2,1-4H3,(H,21,23). The zero-order valence-corrected chi connectivity index (χ0v) is 16.2. The highest BCUT2D eigenvalue weighted by molar-refractivity contribution is 5.91. The predicted molar refractivity (Wildman–Crippen MR) is 99.5 cm³/mol. The third-order valence-corrected chi connectivity index (χ3v) is 4.03. The summed E-state index contributed by atoms with van der Waals surface area (Å²) in [6.45, 7) is 8.46. The average molecular weight is 374 g/mol. The maximum atomic E-state index is 12.0. The molecule has 1 aromatic heterocycles. The summed E-state index contributed by atoms with van der Waals surface area (Å²) in [7, 11) is 0. The van der Waals surface area contributed by atoms with E-state index in [1.807, 2.05) is 13.8 Å². The first-order chi connectivity index (χ1) is 12.9. The molecular weight excluding hydrogens is 348 g/mol. The van der Waals surface area contributed by atoms with Crippen LogP contribution < -0.4 is 10.1 Å². The van der Waals surface area contributed by atoms with Gasteiger partial charge in [-0.2, -0.15) is 0 Å². The van der Waals surface area contributed by atoms with Crippen molar-refractivity contribution in [2.45, 2.75) is 40.7 Å². The van der Waals surface area contributed by atoms with Crippen LogP contribution >= 0.6 is 0 Å². The quantitative estimate of drug-likeness (QED) is 0.678. The van der Waals surface area contributed by atoms with E-state index in [9.17, 15) is 9.59 Å². The second-order valence-electron chi connectivity index (χ2n) is 6.72. The Labute approximate surface area is 159 Å². The summed E-state index contributed by atoms with van der Waals surface area (Å²) < 4.78 is 15.8. The van der Waals surface area contributed by atoms with E-state index in [1.54, 1.807) is 24.3 Å². The first-order valence-corrected chi connectivity index (χ1v) is 8.95. The van der Waals surface area contributed by atoms with E-state index in [1.165, 1.54) is 0 Å². The third kappa shape index (κ3) is 6.44. The average Bonchev–Trinajstić information content (AvgIpc) is 2.96.